The van der Waals surface area contributed by atoms with E-state index in [4.69, 9.17) is 14.2 Å². The van der Waals surface area contributed by atoms with Gasteiger partial charge in [-0.2, -0.15) is 0 Å². The number of aliphatic hydroxyl groups is 5. The monoisotopic (exact) mass is 936 g/mol. The Kier molecular flexibility index (Phi) is 42.5. The highest BCUT2D eigenvalue weighted by atomic mass is 16.7. The maximum atomic E-state index is 13.0. The summed E-state index contributed by atoms with van der Waals surface area (Å²) in [5, 5.41) is 54.1. The van der Waals surface area contributed by atoms with Gasteiger partial charge in [0, 0.05) is 12.8 Å². The van der Waals surface area contributed by atoms with Crippen molar-refractivity contribution in [1.29, 1.82) is 0 Å². The van der Waals surface area contributed by atoms with Crippen molar-refractivity contribution < 1.29 is 49.3 Å². The molecule has 386 valence electrons. The van der Waals surface area contributed by atoms with Gasteiger partial charge in [0.2, 0.25) is 5.91 Å². The number of amides is 1. The van der Waals surface area contributed by atoms with Gasteiger partial charge in [-0.15, -0.1) is 0 Å². The van der Waals surface area contributed by atoms with E-state index in [1.165, 1.54) is 122 Å². The average molecular weight is 936 g/mol. The Morgan fingerprint density at radius 1 is 0.545 bits per heavy atom. The predicted octanol–water partition coefficient (Wildman–Crippen LogP) is 11.6. The first-order valence-corrected chi connectivity index (χ1v) is 27.3. The summed E-state index contributed by atoms with van der Waals surface area (Å²) >= 11 is 0. The summed E-state index contributed by atoms with van der Waals surface area (Å²) < 4.78 is 16.6. The number of rotatable bonds is 46. The van der Waals surface area contributed by atoms with Crippen molar-refractivity contribution in [1.82, 2.24) is 5.32 Å². The first-order valence-electron chi connectivity index (χ1n) is 27.3. The van der Waals surface area contributed by atoms with Crippen LogP contribution in [0.3, 0.4) is 0 Å². The number of carbonyl (C=O) groups is 2. The topological polar surface area (TPSA) is 175 Å². The first kappa shape index (κ1) is 61.9. The number of nitrogens with one attached hydrogen (secondary N) is 1. The lowest BCUT2D eigenvalue weighted by molar-refractivity contribution is -0.302. The number of allylic oxidation sites excluding steroid dienone is 5. The molecule has 0 aromatic carbocycles. The standard InChI is InChI=1S/C55H101NO10/c1-3-5-7-9-11-13-14-15-20-23-27-31-35-39-43-51(60)64-44-40-36-32-28-24-21-18-16-17-19-22-26-30-34-38-42-50(59)56-47(48(58)41-37-33-29-25-12-10-8-6-4-2)46-65-55-54(63)53(62)52(61)49(45-57)66-55/h14-15,18,21,37,41,47-49,52-55,57-58,61-63H,3-13,16-17,19-20,22-36,38-40,42-46H2,1-2H3,(H,56,59)/b15-14-,21-18-,41-37+. The van der Waals surface area contributed by atoms with E-state index >= 15 is 0 Å². The molecule has 0 aromatic heterocycles. The highest BCUT2D eigenvalue weighted by molar-refractivity contribution is 5.76. The normalized spacial score (nSPS) is 19.9. The SMILES string of the molecule is CCCCCCC/C=C\CCCCCCCC(=O)OCCCCCC/C=C\CCCCCCCCCC(=O)NC(COC1OC(CO)C(O)C(O)C1O)C(O)/C=C/CCCCCCCCC. The molecule has 0 spiro atoms. The average Bonchev–Trinajstić information content (AvgIpc) is 3.31. The molecule has 7 atom stereocenters. The zero-order valence-corrected chi connectivity index (χ0v) is 42.2. The fourth-order valence-electron chi connectivity index (χ4n) is 8.30. The minimum absolute atomic E-state index is 0.0386. The maximum Gasteiger partial charge on any atom is 0.305 e. The van der Waals surface area contributed by atoms with Gasteiger partial charge in [-0.1, -0.05) is 179 Å². The molecule has 0 bridgehead atoms. The van der Waals surface area contributed by atoms with E-state index in [9.17, 15) is 35.1 Å². The number of hydrogen-bond donors (Lipinski definition) is 6. The van der Waals surface area contributed by atoms with Gasteiger partial charge in [0.15, 0.2) is 6.29 Å². The molecular formula is C55H101NO10. The fraction of sp³-hybridized carbons (Fsp3) is 0.855. The number of unbranched alkanes of at least 4 members (excludes halogenated alkanes) is 28. The molecule has 0 aliphatic carbocycles. The van der Waals surface area contributed by atoms with E-state index in [-0.39, 0.29) is 18.5 Å². The van der Waals surface area contributed by atoms with Gasteiger partial charge in [-0.3, -0.25) is 9.59 Å². The third kappa shape index (κ3) is 35.1. The lowest BCUT2D eigenvalue weighted by Crippen LogP contribution is -2.60. The lowest BCUT2D eigenvalue weighted by Gasteiger charge is -2.40. The predicted molar refractivity (Wildman–Crippen MR) is 269 cm³/mol. The van der Waals surface area contributed by atoms with Crippen LogP contribution in [0, 0.1) is 0 Å². The highest BCUT2D eigenvalue weighted by Gasteiger charge is 2.44. The van der Waals surface area contributed by atoms with E-state index in [1.807, 2.05) is 6.08 Å². The second-order valence-electron chi connectivity index (χ2n) is 18.9. The molecule has 1 aliphatic heterocycles. The van der Waals surface area contributed by atoms with Gasteiger partial charge in [0.05, 0.1) is 32.0 Å². The molecule has 1 aliphatic rings. The molecule has 0 aromatic rings. The van der Waals surface area contributed by atoms with Crippen LogP contribution in [0.15, 0.2) is 36.5 Å². The van der Waals surface area contributed by atoms with E-state index in [0.717, 1.165) is 89.9 Å². The van der Waals surface area contributed by atoms with Crippen LogP contribution < -0.4 is 5.32 Å². The summed E-state index contributed by atoms with van der Waals surface area (Å²) in [5.41, 5.74) is 0. The van der Waals surface area contributed by atoms with Gasteiger partial charge >= 0.3 is 5.97 Å². The van der Waals surface area contributed by atoms with Crippen LogP contribution in [0.4, 0.5) is 0 Å². The van der Waals surface area contributed by atoms with Gasteiger partial charge < -0.3 is 45.1 Å². The Hall–Kier alpha value is -2.12. The summed E-state index contributed by atoms with van der Waals surface area (Å²) in [6, 6.07) is -0.820. The number of ether oxygens (including phenoxy) is 3. The van der Waals surface area contributed by atoms with Crippen molar-refractivity contribution in [2.45, 2.75) is 281 Å². The van der Waals surface area contributed by atoms with Gasteiger partial charge in [-0.25, -0.2) is 0 Å². The Labute approximate surface area is 403 Å². The zero-order valence-electron chi connectivity index (χ0n) is 42.2. The Bertz CT molecular complexity index is 1190. The minimum Gasteiger partial charge on any atom is -0.466 e. The van der Waals surface area contributed by atoms with Crippen molar-refractivity contribution in [3.63, 3.8) is 0 Å². The first-order chi connectivity index (χ1) is 32.2. The number of hydrogen-bond acceptors (Lipinski definition) is 10. The van der Waals surface area contributed by atoms with Crippen LogP contribution in [0.1, 0.15) is 239 Å². The Morgan fingerprint density at radius 3 is 1.45 bits per heavy atom. The van der Waals surface area contributed by atoms with Crippen molar-refractivity contribution in [3.05, 3.63) is 36.5 Å². The van der Waals surface area contributed by atoms with Crippen molar-refractivity contribution in [3.8, 4) is 0 Å². The van der Waals surface area contributed by atoms with Crippen LogP contribution >= 0.6 is 0 Å². The van der Waals surface area contributed by atoms with Crippen molar-refractivity contribution >= 4 is 11.9 Å². The molecule has 6 N–H and O–H groups in total. The quantitative estimate of drug-likeness (QED) is 0.0196. The lowest BCUT2D eigenvalue weighted by atomic mass is 9.99. The van der Waals surface area contributed by atoms with E-state index < -0.39 is 49.5 Å². The molecule has 66 heavy (non-hydrogen) atoms. The van der Waals surface area contributed by atoms with Gasteiger partial charge in [0.1, 0.15) is 24.4 Å². The number of aliphatic hydroxyl groups excluding tert-OH is 5. The second kappa shape index (κ2) is 45.3. The number of carbonyl (C=O) groups excluding carboxylic acids is 2. The maximum absolute atomic E-state index is 13.0. The van der Waals surface area contributed by atoms with Crippen LogP contribution in [0.2, 0.25) is 0 Å². The Balaban J connectivity index is 2.11. The summed E-state index contributed by atoms with van der Waals surface area (Å²) in [5.74, 6) is -0.239. The molecule has 11 heteroatoms. The summed E-state index contributed by atoms with van der Waals surface area (Å²) in [6.45, 7) is 4.24. The smallest absolute Gasteiger partial charge is 0.305 e. The summed E-state index contributed by atoms with van der Waals surface area (Å²) in [7, 11) is 0. The molecule has 1 amide bonds. The van der Waals surface area contributed by atoms with Gasteiger partial charge in [-0.05, 0) is 83.5 Å². The van der Waals surface area contributed by atoms with Crippen LogP contribution in [-0.4, -0.2) is 100 Å². The van der Waals surface area contributed by atoms with E-state index in [0.29, 0.717) is 19.4 Å². The zero-order chi connectivity index (χ0) is 48.1. The number of esters is 1. The Morgan fingerprint density at radius 2 is 0.970 bits per heavy atom. The van der Waals surface area contributed by atoms with Crippen molar-refractivity contribution in [2.24, 2.45) is 0 Å². The third-order valence-corrected chi connectivity index (χ3v) is 12.7. The van der Waals surface area contributed by atoms with Crippen LogP contribution in [0.25, 0.3) is 0 Å². The molecule has 1 saturated heterocycles. The summed E-state index contributed by atoms with van der Waals surface area (Å²) in [4.78, 5) is 25.0. The molecule has 7 unspecified atom stereocenters. The molecular weight excluding hydrogens is 835 g/mol. The minimum atomic E-state index is -1.58. The van der Waals surface area contributed by atoms with Crippen LogP contribution in [0.5, 0.6) is 0 Å². The molecule has 11 nitrogen and oxygen atoms in total. The second-order valence-corrected chi connectivity index (χ2v) is 18.9. The molecule has 0 saturated carbocycles. The molecule has 1 heterocycles. The van der Waals surface area contributed by atoms with Crippen molar-refractivity contribution in [2.75, 3.05) is 19.8 Å². The van der Waals surface area contributed by atoms with Gasteiger partial charge in [0.25, 0.3) is 0 Å². The molecule has 1 fully saturated rings. The largest absolute Gasteiger partial charge is 0.466 e. The van der Waals surface area contributed by atoms with Crippen LogP contribution in [-0.2, 0) is 23.8 Å². The summed E-state index contributed by atoms with van der Waals surface area (Å²) in [6.07, 6.45) is 43.7. The molecule has 1 rings (SSSR count). The molecule has 0 radical (unpaired) electrons. The van der Waals surface area contributed by atoms with E-state index in [1.54, 1.807) is 6.08 Å². The fourth-order valence-corrected chi connectivity index (χ4v) is 8.30. The van der Waals surface area contributed by atoms with E-state index in [2.05, 4.69) is 43.5 Å². The third-order valence-electron chi connectivity index (χ3n) is 12.7. The highest BCUT2D eigenvalue weighted by Crippen LogP contribution is 2.23.